The van der Waals surface area contributed by atoms with Crippen molar-refractivity contribution in [3.05, 3.63) is 94.6 Å². The van der Waals surface area contributed by atoms with E-state index in [4.69, 9.17) is 14.2 Å². The number of ether oxygens (including phenoxy) is 3. The van der Waals surface area contributed by atoms with E-state index in [0.717, 1.165) is 16.7 Å². The third kappa shape index (κ3) is 7.71. The van der Waals surface area contributed by atoms with E-state index in [0.29, 0.717) is 17.9 Å². The third-order valence-electron chi connectivity index (χ3n) is 5.67. The molecule has 196 valence electrons. The molecule has 0 aromatic heterocycles. The molecule has 7 heteroatoms. The molecule has 0 aliphatic heterocycles. The van der Waals surface area contributed by atoms with Gasteiger partial charge in [-0.25, -0.2) is 4.79 Å². The zero-order valence-corrected chi connectivity index (χ0v) is 22.3. The van der Waals surface area contributed by atoms with Gasteiger partial charge in [0.1, 0.15) is 17.4 Å². The summed E-state index contributed by atoms with van der Waals surface area (Å²) in [5, 5.41) is 12.2. The minimum absolute atomic E-state index is 0.0612. The number of benzene rings is 3. The van der Waals surface area contributed by atoms with E-state index in [1.165, 1.54) is 13.2 Å². The quantitative estimate of drug-likeness (QED) is 0.176. The summed E-state index contributed by atoms with van der Waals surface area (Å²) >= 11 is 0. The van der Waals surface area contributed by atoms with Gasteiger partial charge in [-0.2, -0.15) is 5.26 Å². The van der Waals surface area contributed by atoms with Crippen LogP contribution in [0, 0.1) is 18.3 Å². The maximum absolute atomic E-state index is 12.6. The number of nitrogens with zero attached hydrogens (tertiary/aromatic N) is 1. The Morgan fingerprint density at radius 3 is 2.34 bits per heavy atom. The van der Waals surface area contributed by atoms with E-state index in [2.05, 4.69) is 26.1 Å². The van der Waals surface area contributed by atoms with Gasteiger partial charge >= 0.3 is 5.97 Å². The summed E-state index contributed by atoms with van der Waals surface area (Å²) < 4.78 is 16.6. The highest BCUT2D eigenvalue weighted by Gasteiger charge is 2.20. The Bertz CT molecular complexity index is 1370. The van der Waals surface area contributed by atoms with Gasteiger partial charge in [-0.15, -0.1) is 0 Å². The van der Waals surface area contributed by atoms with Gasteiger partial charge in [0.25, 0.3) is 5.91 Å². The summed E-state index contributed by atoms with van der Waals surface area (Å²) in [6.07, 6.45) is 1.45. The number of esters is 1. The largest absolute Gasteiger partial charge is 0.493 e. The molecule has 0 bridgehead atoms. The predicted octanol–water partition coefficient (Wildman–Crippen LogP) is 5.51. The molecule has 0 unspecified atom stereocenters. The molecule has 1 amide bonds. The fraction of sp³-hybridized carbons (Fsp3) is 0.258. The number of nitrogens with one attached hydrogen (secondary N) is 1. The van der Waals surface area contributed by atoms with Crippen molar-refractivity contribution in [2.45, 2.75) is 39.7 Å². The van der Waals surface area contributed by atoms with Crippen LogP contribution in [0.2, 0.25) is 0 Å². The smallest absolute Gasteiger partial charge is 0.349 e. The number of nitriles is 1. The number of carbonyl (C=O) groups is 2. The lowest BCUT2D eigenvalue weighted by Crippen LogP contribution is -2.23. The fourth-order valence-electron chi connectivity index (χ4n) is 3.69. The average molecular weight is 513 g/mol. The van der Waals surface area contributed by atoms with Gasteiger partial charge in [-0.05, 0) is 53.3 Å². The molecule has 38 heavy (non-hydrogen) atoms. The van der Waals surface area contributed by atoms with E-state index >= 15 is 0 Å². The number of aryl methyl sites for hydroxylation is 1. The Kier molecular flexibility index (Phi) is 9.28. The highest BCUT2D eigenvalue weighted by molar-refractivity contribution is 6.01. The van der Waals surface area contributed by atoms with Crippen molar-refractivity contribution in [2.24, 2.45) is 0 Å². The molecule has 0 fully saturated rings. The molecule has 3 aromatic carbocycles. The second kappa shape index (κ2) is 12.6. The zero-order chi connectivity index (χ0) is 27.7. The van der Waals surface area contributed by atoms with Crippen LogP contribution in [0.4, 0.5) is 0 Å². The van der Waals surface area contributed by atoms with Crippen LogP contribution >= 0.6 is 0 Å². The Hall–Kier alpha value is -4.57. The SMILES string of the molecule is COc1cc(/C=C(\C#N)C(=O)NCc2ccccc2)ccc1OC(=O)COc1ccc(C)cc1C(C)(C)C. The Morgan fingerprint density at radius 1 is 0.974 bits per heavy atom. The van der Waals surface area contributed by atoms with E-state index in [9.17, 15) is 14.9 Å². The summed E-state index contributed by atoms with van der Waals surface area (Å²) in [5.74, 6) is 0.0193. The van der Waals surface area contributed by atoms with Crippen LogP contribution in [0.1, 0.15) is 43.0 Å². The van der Waals surface area contributed by atoms with Crippen LogP contribution in [0.25, 0.3) is 6.08 Å². The van der Waals surface area contributed by atoms with Gasteiger partial charge in [0.05, 0.1) is 7.11 Å². The summed E-state index contributed by atoms with van der Waals surface area (Å²) in [6, 6.07) is 21.9. The van der Waals surface area contributed by atoms with Gasteiger partial charge in [0, 0.05) is 6.54 Å². The molecule has 7 nitrogen and oxygen atoms in total. The fourth-order valence-corrected chi connectivity index (χ4v) is 3.69. The average Bonchev–Trinajstić information content (AvgIpc) is 2.90. The van der Waals surface area contributed by atoms with Crippen LogP contribution in [-0.4, -0.2) is 25.6 Å². The van der Waals surface area contributed by atoms with Crippen molar-refractivity contribution in [1.29, 1.82) is 5.26 Å². The highest BCUT2D eigenvalue weighted by atomic mass is 16.6. The van der Waals surface area contributed by atoms with E-state index in [-0.39, 0.29) is 29.1 Å². The Balaban J connectivity index is 1.67. The van der Waals surface area contributed by atoms with Crippen molar-refractivity contribution >= 4 is 18.0 Å². The summed E-state index contributed by atoms with van der Waals surface area (Å²) in [7, 11) is 1.44. The highest BCUT2D eigenvalue weighted by Crippen LogP contribution is 2.33. The number of rotatable bonds is 9. The van der Waals surface area contributed by atoms with E-state index in [1.807, 2.05) is 61.5 Å². The van der Waals surface area contributed by atoms with Crippen molar-refractivity contribution in [3.63, 3.8) is 0 Å². The van der Waals surface area contributed by atoms with Crippen LogP contribution < -0.4 is 19.5 Å². The molecule has 0 spiro atoms. The lowest BCUT2D eigenvalue weighted by molar-refractivity contribution is -0.136. The molecule has 0 atom stereocenters. The second-order valence-electron chi connectivity index (χ2n) is 9.76. The third-order valence-corrected chi connectivity index (χ3v) is 5.67. The minimum atomic E-state index is -0.593. The predicted molar refractivity (Wildman–Crippen MR) is 146 cm³/mol. The molecule has 3 aromatic rings. The van der Waals surface area contributed by atoms with Gasteiger partial charge in [-0.1, -0.05) is 74.9 Å². The molecule has 0 radical (unpaired) electrons. The van der Waals surface area contributed by atoms with Gasteiger partial charge in [0.2, 0.25) is 0 Å². The van der Waals surface area contributed by atoms with Crippen molar-refractivity contribution in [3.8, 4) is 23.3 Å². The first-order valence-electron chi connectivity index (χ1n) is 12.2. The molecule has 3 rings (SSSR count). The second-order valence-corrected chi connectivity index (χ2v) is 9.76. The lowest BCUT2D eigenvalue weighted by atomic mass is 9.85. The van der Waals surface area contributed by atoms with Crippen LogP contribution in [0.3, 0.4) is 0 Å². The first kappa shape index (κ1) is 28.0. The topological polar surface area (TPSA) is 97.6 Å². The normalized spacial score (nSPS) is 11.3. The molecule has 0 saturated heterocycles. The number of amides is 1. The summed E-state index contributed by atoms with van der Waals surface area (Å²) in [6.45, 7) is 8.28. The monoisotopic (exact) mass is 512 g/mol. The maximum atomic E-state index is 12.6. The van der Waals surface area contributed by atoms with Gasteiger partial charge in [-0.3, -0.25) is 4.79 Å². The minimum Gasteiger partial charge on any atom is -0.493 e. The maximum Gasteiger partial charge on any atom is 0.349 e. The van der Waals surface area contributed by atoms with Crippen LogP contribution in [0.15, 0.2) is 72.3 Å². The van der Waals surface area contributed by atoms with E-state index < -0.39 is 11.9 Å². The van der Waals surface area contributed by atoms with Crippen molar-refractivity contribution in [2.75, 3.05) is 13.7 Å². The molecular weight excluding hydrogens is 480 g/mol. The molecule has 1 N–H and O–H groups in total. The number of hydrogen-bond acceptors (Lipinski definition) is 6. The molecular formula is C31H32N2O5. The van der Waals surface area contributed by atoms with Crippen LogP contribution in [-0.2, 0) is 21.5 Å². The van der Waals surface area contributed by atoms with Gasteiger partial charge in [0.15, 0.2) is 18.1 Å². The molecule has 0 saturated carbocycles. The number of carbonyl (C=O) groups excluding carboxylic acids is 2. The van der Waals surface area contributed by atoms with Gasteiger partial charge < -0.3 is 19.5 Å². The van der Waals surface area contributed by atoms with Crippen molar-refractivity contribution < 1.29 is 23.8 Å². The lowest BCUT2D eigenvalue weighted by Gasteiger charge is -2.23. The molecule has 0 heterocycles. The Labute approximate surface area is 223 Å². The summed E-state index contributed by atoms with van der Waals surface area (Å²) in [4.78, 5) is 25.1. The number of hydrogen-bond donors (Lipinski definition) is 1. The first-order chi connectivity index (χ1) is 18.1. The molecule has 0 aliphatic rings. The van der Waals surface area contributed by atoms with E-state index in [1.54, 1.807) is 18.2 Å². The number of methoxy groups -OCH3 is 1. The first-order valence-corrected chi connectivity index (χ1v) is 12.2. The molecule has 0 aliphatic carbocycles. The zero-order valence-electron chi connectivity index (χ0n) is 22.3. The van der Waals surface area contributed by atoms with Crippen molar-refractivity contribution in [1.82, 2.24) is 5.32 Å². The standard InChI is InChI=1S/C31H32N2O5/c1-21-11-13-26(25(15-21)31(2,3)4)37-20-29(34)38-27-14-12-23(17-28(27)36-5)16-24(18-32)30(35)33-19-22-9-7-6-8-10-22/h6-17H,19-20H2,1-5H3,(H,33,35)/b24-16+. The Morgan fingerprint density at radius 2 is 1.68 bits per heavy atom. The van der Waals surface area contributed by atoms with Crippen LogP contribution in [0.5, 0.6) is 17.2 Å². The summed E-state index contributed by atoms with van der Waals surface area (Å²) in [5.41, 5.74) is 3.36.